The van der Waals surface area contributed by atoms with Crippen LogP contribution in [0.2, 0.25) is 5.02 Å². The average molecular weight is 564 g/mol. The summed E-state index contributed by atoms with van der Waals surface area (Å²) in [6.07, 6.45) is -0.187. The fourth-order valence-electron chi connectivity index (χ4n) is 5.23. The largest absolute Gasteiger partial charge is 0.508 e. The van der Waals surface area contributed by atoms with E-state index < -0.39 is 25.7 Å². The van der Waals surface area contributed by atoms with Crippen molar-refractivity contribution in [3.63, 3.8) is 0 Å². The van der Waals surface area contributed by atoms with Crippen molar-refractivity contribution >= 4 is 36.1 Å². The molecule has 1 aliphatic heterocycles. The highest BCUT2D eigenvalue weighted by molar-refractivity contribution is 7.60. The van der Waals surface area contributed by atoms with Crippen molar-refractivity contribution < 1.29 is 29.4 Å². The van der Waals surface area contributed by atoms with Crippen molar-refractivity contribution in [2.45, 2.75) is 25.0 Å². The lowest BCUT2D eigenvalue weighted by Gasteiger charge is -2.48. The minimum atomic E-state index is -4.55. The van der Waals surface area contributed by atoms with Gasteiger partial charge in [0.25, 0.3) is 0 Å². The van der Waals surface area contributed by atoms with Gasteiger partial charge in [0.1, 0.15) is 5.75 Å². The van der Waals surface area contributed by atoms with E-state index in [2.05, 4.69) is 0 Å². The van der Waals surface area contributed by atoms with Gasteiger partial charge in [-0.05, 0) is 59.9 Å². The third-order valence-electron chi connectivity index (χ3n) is 7.14. The lowest BCUT2D eigenvalue weighted by Crippen LogP contribution is -2.55. The van der Waals surface area contributed by atoms with Gasteiger partial charge < -0.3 is 24.9 Å². The molecule has 0 spiro atoms. The van der Waals surface area contributed by atoms with E-state index in [1.807, 2.05) is 30.3 Å². The first-order chi connectivity index (χ1) is 18.7. The van der Waals surface area contributed by atoms with Crippen molar-refractivity contribution in [1.82, 2.24) is 0 Å². The normalized spacial score (nSPS) is 18.1. The van der Waals surface area contributed by atoms with Crippen LogP contribution in [0.4, 0.5) is 5.69 Å². The van der Waals surface area contributed by atoms with Crippen LogP contribution >= 0.6 is 19.2 Å². The SMILES string of the molecule is O=C1[C@H](CC[C@H](O)c2ccccc2Cl)[C@@H](c2ccc(-c3ccccc3P(=O)(O)O)cc2O)N1c1ccccc1. The van der Waals surface area contributed by atoms with Gasteiger partial charge in [0.05, 0.1) is 23.4 Å². The molecule has 5 rings (SSSR count). The molecule has 39 heavy (non-hydrogen) atoms. The van der Waals surface area contributed by atoms with Crippen LogP contribution in [-0.2, 0) is 9.36 Å². The molecule has 0 unspecified atom stereocenters. The Morgan fingerprint density at radius 2 is 1.56 bits per heavy atom. The van der Waals surface area contributed by atoms with Crippen molar-refractivity contribution in [2.75, 3.05) is 4.90 Å². The van der Waals surface area contributed by atoms with Crippen LogP contribution in [0, 0.1) is 5.92 Å². The summed E-state index contributed by atoms with van der Waals surface area (Å²) in [6, 6.07) is 26.7. The van der Waals surface area contributed by atoms with Crippen LogP contribution in [0.3, 0.4) is 0 Å². The second-order valence-corrected chi connectivity index (χ2v) is 11.5. The maximum atomic E-state index is 13.4. The van der Waals surface area contributed by atoms with E-state index in [0.717, 1.165) is 0 Å². The number of aromatic hydroxyl groups is 1. The molecule has 0 bridgehead atoms. The molecule has 0 saturated carbocycles. The molecule has 1 fully saturated rings. The number of nitrogens with zero attached hydrogens (tertiary/aromatic N) is 1. The number of β-lactam (4-membered cyclic amide) rings is 1. The number of anilines is 1. The van der Waals surface area contributed by atoms with Gasteiger partial charge in [-0.3, -0.25) is 9.36 Å². The summed E-state index contributed by atoms with van der Waals surface area (Å²) < 4.78 is 12.0. The summed E-state index contributed by atoms with van der Waals surface area (Å²) in [4.78, 5) is 34.6. The number of hydrogen-bond donors (Lipinski definition) is 4. The van der Waals surface area contributed by atoms with E-state index in [-0.39, 0.29) is 17.0 Å². The molecule has 0 aromatic heterocycles. The first kappa shape index (κ1) is 27.1. The quantitative estimate of drug-likeness (QED) is 0.160. The van der Waals surface area contributed by atoms with E-state index in [9.17, 15) is 29.4 Å². The highest BCUT2D eigenvalue weighted by Crippen LogP contribution is 2.49. The monoisotopic (exact) mass is 563 g/mol. The molecule has 9 heteroatoms. The van der Waals surface area contributed by atoms with Crippen molar-refractivity contribution in [2.24, 2.45) is 5.92 Å². The lowest BCUT2D eigenvalue weighted by atomic mass is 9.77. The second kappa shape index (κ2) is 11.0. The van der Waals surface area contributed by atoms with Gasteiger partial charge in [0.15, 0.2) is 0 Å². The van der Waals surface area contributed by atoms with Gasteiger partial charge >= 0.3 is 7.60 Å². The number of para-hydroxylation sites is 1. The number of amides is 1. The van der Waals surface area contributed by atoms with Crippen LogP contribution < -0.4 is 10.2 Å². The maximum absolute atomic E-state index is 13.4. The zero-order chi connectivity index (χ0) is 27.7. The molecular formula is C30H27ClNO6P. The number of phenolic OH excluding ortho intramolecular Hbond substituents is 1. The third kappa shape index (κ3) is 5.37. The standard InChI is InChI=1S/C30H27ClNO6P/c31-25-12-6-4-11-22(25)26(33)17-16-24-29(32(30(24)35)20-8-2-1-3-9-20)23-15-14-19(18-27(23)34)21-10-5-7-13-28(21)39(36,37)38/h1-15,18,24,26,29,33-34H,16-17H2,(H2,36,37,38)/t24-,26+,29-/m1/s1. The molecule has 3 atom stereocenters. The van der Waals surface area contributed by atoms with Crippen LogP contribution in [0.1, 0.15) is 36.1 Å². The lowest BCUT2D eigenvalue weighted by molar-refractivity contribution is -0.131. The van der Waals surface area contributed by atoms with Gasteiger partial charge in [0, 0.05) is 16.3 Å². The zero-order valence-electron chi connectivity index (χ0n) is 20.8. The Labute approximate surface area is 231 Å². The molecule has 4 N–H and O–H groups in total. The van der Waals surface area contributed by atoms with Gasteiger partial charge in [-0.25, -0.2) is 0 Å². The van der Waals surface area contributed by atoms with Gasteiger partial charge in [0.2, 0.25) is 5.91 Å². The Hall–Kier alpha value is -3.45. The number of benzene rings is 4. The van der Waals surface area contributed by atoms with E-state index in [0.29, 0.717) is 45.8 Å². The van der Waals surface area contributed by atoms with Crippen LogP contribution in [0.5, 0.6) is 5.75 Å². The molecule has 1 amide bonds. The average Bonchev–Trinajstić information content (AvgIpc) is 2.92. The number of phenols is 1. The number of carbonyl (C=O) groups is 1. The Kier molecular flexibility index (Phi) is 7.63. The minimum absolute atomic E-state index is 0.0944. The van der Waals surface area contributed by atoms with Crippen LogP contribution in [0.15, 0.2) is 97.1 Å². The van der Waals surface area contributed by atoms with E-state index in [1.165, 1.54) is 12.1 Å². The molecule has 200 valence electrons. The summed E-state index contributed by atoms with van der Waals surface area (Å²) in [5.74, 6) is -0.711. The first-order valence-electron chi connectivity index (χ1n) is 12.5. The predicted molar refractivity (Wildman–Crippen MR) is 151 cm³/mol. The molecule has 1 aliphatic rings. The fraction of sp³-hybridized carbons (Fsp3) is 0.167. The van der Waals surface area contributed by atoms with Crippen molar-refractivity contribution in [3.8, 4) is 16.9 Å². The molecule has 0 radical (unpaired) electrons. The number of hydrogen-bond acceptors (Lipinski definition) is 4. The highest BCUT2D eigenvalue weighted by Gasteiger charge is 2.49. The maximum Gasteiger partial charge on any atom is 0.356 e. The Bertz CT molecular complexity index is 1560. The summed E-state index contributed by atoms with van der Waals surface area (Å²) in [5, 5.41) is 22.2. The number of halogens is 1. The number of rotatable bonds is 8. The van der Waals surface area contributed by atoms with E-state index >= 15 is 0 Å². The van der Waals surface area contributed by atoms with Gasteiger partial charge in [-0.15, -0.1) is 0 Å². The summed E-state index contributed by atoms with van der Waals surface area (Å²) in [5.41, 5.74) is 2.55. The smallest absolute Gasteiger partial charge is 0.356 e. The molecular weight excluding hydrogens is 537 g/mol. The van der Waals surface area contributed by atoms with Crippen LogP contribution in [-0.4, -0.2) is 25.9 Å². The minimum Gasteiger partial charge on any atom is -0.508 e. The van der Waals surface area contributed by atoms with E-state index in [4.69, 9.17) is 11.6 Å². The molecule has 4 aromatic carbocycles. The molecule has 1 heterocycles. The molecule has 7 nitrogen and oxygen atoms in total. The number of aliphatic hydroxyl groups is 1. The number of aliphatic hydroxyl groups excluding tert-OH is 1. The highest BCUT2D eigenvalue weighted by atomic mass is 35.5. The number of carbonyl (C=O) groups excluding carboxylic acids is 1. The second-order valence-electron chi connectivity index (χ2n) is 9.54. The molecule has 0 aliphatic carbocycles. The predicted octanol–water partition coefficient (Wildman–Crippen LogP) is 5.73. The van der Waals surface area contributed by atoms with Crippen molar-refractivity contribution in [1.29, 1.82) is 0 Å². The Morgan fingerprint density at radius 1 is 0.897 bits per heavy atom. The topological polar surface area (TPSA) is 118 Å². The Morgan fingerprint density at radius 3 is 2.26 bits per heavy atom. The molecule has 4 aromatic rings. The summed E-state index contributed by atoms with van der Waals surface area (Å²) in [7, 11) is -4.55. The van der Waals surface area contributed by atoms with Gasteiger partial charge in [-0.2, -0.15) is 0 Å². The zero-order valence-corrected chi connectivity index (χ0v) is 22.4. The fourth-order valence-corrected chi connectivity index (χ4v) is 6.29. The summed E-state index contributed by atoms with van der Waals surface area (Å²) >= 11 is 6.25. The van der Waals surface area contributed by atoms with Crippen LogP contribution in [0.25, 0.3) is 11.1 Å². The van der Waals surface area contributed by atoms with Crippen molar-refractivity contribution in [3.05, 3.63) is 113 Å². The van der Waals surface area contributed by atoms with Gasteiger partial charge in [-0.1, -0.05) is 78.3 Å². The third-order valence-corrected chi connectivity index (χ3v) is 8.50. The Balaban J connectivity index is 1.47. The molecule has 1 saturated heterocycles. The first-order valence-corrected chi connectivity index (χ1v) is 14.4. The van der Waals surface area contributed by atoms with E-state index in [1.54, 1.807) is 59.5 Å². The summed E-state index contributed by atoms with van der Waals surface area (Å²) in [6.45, 7) is 0.